The Bertz CT molecular complexity index is 529. The molecule has 21 heavy (non-hydrogen) atoms. The minimum atomic E-state index is 0. The van der Waals surface area contributed by atoms with E-state index in [1.165, 1.54) is 12.8 Å². The highest BCUT2D eigenvalue weighted by atomic mass is 35.5. The smallest absolute Gasteiger partial charge is 0.241 e. The molecule has 1 N–H and O–H groups in total. The van der Waals surface area contributed by atoms with Crippen LogP contribution in [-0.2, 0) is 6.54 Å². The summed E-state index contributed by atoms with van der Waals surface area (Å²) < 4.78 is 5.37. The van der Waals surface area contributed by atoms with E-state index in [-0.39, 0.29) is 12.4 Å². The molecule has 1 aliphatic heterocycles. The van der Waals surface area contributed by atoms with Crippen LogP contribution in [0, 0.1) is 5.92 Å². The fourth-order valence-corrected chi connectivity index (χ4v) is 3.40. The van der Waals surface area contributed by atoms with Crippen LogP contribution in [0.3, 0.4) is 0 Å². The van der Waals surface area contributed by atoms with Crippen molar-refractivity contribution in [3.05, 3.63) is 22.7 Å². The van der Waals surface area contributed by atoms with E-state index in [4.69, 9.17) is 4.52 Å². The molecule has 5 nitrogen and oxygen atoms in total. The van der Waals surface area contributed by atoms with Gasteiger partial charge >= 0.3 is 0 Å². The van der Waals surface area contributed by atoms with Gasteiger partial charge in [-0.1, -0.05) is 5.16 Å². The molecule has 7 heteroatoms. The summed E-state index contributed by atoms with van der Waals surface area (Å²) in [4.78, 5) is 6.90. The van der Waals surface area contributed by atoms with E-state index in [0.717, 1.165) is 43.6 Å². The largest absolute Gasteiger partial charge is 0.338 e. The summed E-state index contributed by atoms with van der Waals surface area (Å²) >= 11 is 1.65. The second kappa shape index (κ2) is 7.89. The molecule has 1 aliphatic rings. The third-order valence-corrected chi connectivity index (χ3v) is 4.39. The van der Waals surface area contributed by atoms with Crippen LogP contribution in [0.4, 0.5) is 0 Å². The van der Waals surface area contributed by atoms with E-state index in [2.05, 4.69) is 20.4 Å². The monoisotopic (exact) mass is 328 g/mol. The third-order valence-electron chi connectivity index (χ3n) is 3.70. The normalized spacial score (nSPS) is 19.4. The van der Waals surface area contributed by atoms with E-state index < -0.39 is 0 Å². The molecule has 1 saturated heterocycles. The number of nitrogens with one attached hydrogen (secondary N) is 1. The van der Waals surface area contributed by atoms with Crippen molar-refractivity contribution in [2.45, 2.75) is 19.4 Å². The zero-order chi connectivity index (χ0) is 13.8. The van der Waals surface area contributed by atoms with E-state index in [1.807, 2.05) is 23.9 Å². The maximum Gasteiger partial charge on any atom is 0.241 e. The minimum absolute atomic E-state index is 0. The molecule has 3 rings (SSSR count). The Morgan fingerprint density at radius 2 is 2.43 bits per heavy atom. The van der Waals surface area contributed by atoms with Gasteiger partial charge in [0.15, 0.2) is 0 Å². The lowest BCUT2D eigenvalue weighted by molar-refractivity contribution is 0.149. The van der Waals surface area contributed by atoms with Gasteiger partial charge in [0.2, 0.25) is 11.7 Å². The van der Waals surface area contributed by atoms with Crippen molar-refractivity contribution in [3.63, 3.8) is 0 Å². The fraction of sp³-hybridized carbons (Fsp3) is 0.571. The second-order valence-electron chi connectivity index (χ2n) is 5.32. The van der Waals surface area contributed by atoms with Gasteiger partial charge in [0.1, 0.15) is 0 Å². The zero-order valence-corrected chi connectivity index (χ0v) is 13.8. The van der Waals surface area contributed by atoms with Crippen LogP contribution in [0.2, 0.25) is 0 Å². The Hall–Kier alpha value is -0.950. The Morgan fingerprint density at radius 1 is 1.52 bits per heavy atom. The summed E-state index contributed by atoms with van der Waals surface area (Å²) in [6, 6.07) is 2.02. The maximum absolute atomic E-state index is 5.37. The van der Waals surface area contributed by atoms with Crippen LogP contribution in [0.15, 0.2) is 21.3 Å². The van der Waals surface area contributed by atoms with Crippen LogP contribution < -0.4 is 5.32 Å². The predicted molar refractivity (Wildman–Crippen MR) is 86.8 cm³/mol. The highest BCUT2D eigenvalue weighted by Gasteiger charge is 2.21. The molecule has 2 aromatic heterocycles. The van der Waals surface area contributed by atoms with Crippen LogP contribution >= 0.6 is 23.7 Å². The van der Waals surface area contributed by atoms with Gasteiger partial charge in [-0.15, -0.1) is 12.4 Å². The Labute approximate surface area is 135 Å². The van der Waals surface area contributed by atoms with Crippen molar-refractivity contribution in [3.8, 4) is 11.4 Å². The SMILES string of the molecule is CNCC1CCCN(Cc2nc(-c3ccsc3)no2)C1.Cl. The van der Waals surface area contributed by atoms with Gasteiger partial charge < -0.3 is 9.84 Å². The van der Waals surface area contributed by atoms with Gasteiger partial charge in [-0.25, -0.2) is 0 Å². The predicted octanol–water partition coefficient (Wildman–Crippen LogP) is 2.65. The molecular weight excluding hydrogens is 308 g/mol. The Kier molecular flexibility index (Phi) is 6.17. The van der Waals surface area contributed by atoms with E-state index in [1.54, 1.807) is 11.3 Å². The number of halogens is 1. The number of aromatic nitrogens is 2. The number of thiophene rings is 1. The molecule has 2 aromatic rings. The quantitative estimate of drug-likeness (QED) is 0.914. The topological polar surface area (TPSA) is 54.2 Å². The molecule has 0 spiro atoms. The van der Waals surface area contributed by atoms with Crippen LogP contribution in [0.1, 0.15) is 18.7 Å². The van der Waals surface area contributed by atoms with E-state index >= 15 is 0 Å². The number of rotatable bonds is 5. The standard InChI is InChI=1S/C14H20N4OS.ClH/c1-15-7-11-3-2-5-18(8-11)9-13-16-14(17-19-13)12-4-6-20-10-12;/h4,6,10-11,15H,2-3,5,7-9H2,1H3;1H. The van der Waals surface area contributed by atoms with E-state index in [0.29, 0.717) is 5.82 Å². The lowest BCUT2D eigenvalue weighted by Crippen LogP contribution is -2.38. The fourth-order valence-electron chi connectivity index (χ4n) is 2.77. The summed E-state index contributed by atoms with van der Waals surface area (Å²) in [6.07, 6.45) is 2.55. The summed E-state index contributed by atoms with van der Waals surface area (Å²) in [7, 11) is 2.02. The molecule has 1 fully saturated rings. The number of likely N-dealkylation sites (tertiary alicyclic amines) is 1. The first-order chi connectivity index (χ1) is 9.85. The molecule has 1 atom stereocenters. The van der Waals surface area contributed by atoms with Crippen LogP contribution in [-0.4, -0.2) is 41.7 Å². The van der Waals surface area contributed by atoms with Gasteiger partial charge in [0.25, 0.3) is 0 Å². The van der Waals surface area contributed by atoms with Crippen molar-refractivity contribution in [2.24, 2.45) is 5.92 Å². The molecule has 3 heterocycles. The molecule has 0 saturated carbocycles. The highest BCUT2D eigenvalue weighted by Crippen LogP contribution is 2.21. The Morgan fingerprint density at radius 3 is 3.19 bits per heavy atom. The first-order valence-electron chi connectivity index (χ1n) is 7.07. The molecular formula is C14H21ClN4OS. The zero-order valence-electron chi connectivity index (χ0n) is 12.1. The third kappa shape index (κ3) is 4.26. The second-order valence-corrected chi connectivity index (χ2v) is 6.10. The molecule has 1 unspecified atom stereocenters. The van der Waals surface area contributed by atoms with Gasteiger partial charge in [-0.3, -0.25) is 4.90 Å². The number of hydrogen-bond donors (Lipinski definition) is 1. The average Bonchev–Trinajstić information content (AvgIpc) is 3.10. The summed E-state index contributed by atoms with van der Waals surface area (Å²) in [5.41, 5.74) is 1.04. The van der Waals surface area contributed by atoms with Crippen molar-refractivity contribution in [1.29, 1.82) is 0 Å². The van der Waals surface area contributed by atoms with Crippen LogP contribution in [0.25, 0.3) is 11.4 Å². The highest BCUT2D eigenvalue weighted by molar-refractivity contribution is 7.08. The lowest BCUT2D eigenvalue weighted by Gasteiger charge is -2.31. The van der Waals surface area contributed by atoms with Gasteiger partial charge in [0, 0.05) is 17.5 Å². The molecule has 0 radical (unpaired) electrons. The molecule has 116 valence electrons. The van der Waals surface area contributed by atoms with Gasteiger partial charge in [0.05, 0.1) is 6.54 Å². The molecule has 0 bridgehead atoms. The van der Waals surface area contributed by atoms with Gasteiger partial charge in [-0.05, 0) is 50.3 Å². The van der Waals surface area contributed by atoms with Gasteiger partial charge in [-0.2, -0.15) is 16.3 Å². The lowest BCUT2D eigenvalue weighted by atomic mass is 9.98. The van der Waals surface area contributed by atoms with E-state index in [9.17, 15) is 0 Å². The summed E-state index contributed by atoms with van der Waals surface area (Å²) in [6.45, 7) is 4.07. The number of nitrogens with zero attached hydrogens (tertiary/aromatic N) is 3. The van der Waals surface area contributed by atoms with Crippen molar-refractivity contribution >= 4 is 23.7 Å². The van der Waals surface area contributed by atoms with Crippen molar-refractivity contribution in [2.75, 3.05) is 26.7 Å². The summed E-state index contributed by atoms with van der Waals surface area (Å²) in [5, 5.41) is 11.4. The number of hydrogen-bond acceptors (Lipinski definition) is 6. The molecule has 0 aromatic carbocycles. The van der Waals surface area contributed by atoms with Crippen molar-refractivity contribution < 1.29 is 4.52 Å². The molecule has 0 amide bonds. The Balaban J connectivity index is 0.00000161. The van der Waals surface area contributed by atoms with Crippen LogP contribution in [0.5, 0.6) is 0 Å². The first kappa shape index (κ1) is 16.4. The number of piperidine rings is 1. The summed E-state index contributed by atoms with van der Waals surface area (Å²) in [5.74, 6) is 2.15. The first-order valence-corrected chi connectivity index (χ1v) is 8.01. The average molecular weight is 329 g/mol. The molecule has 0 aliphatic carbocycles. The minimum Gasteiger partial charge on any atom is -0.338 e. The van der Waals surface area contributed by atoms with Crippen molar-refractivity contribution in [1.82, 2.24) is 20.4 Å². The maximum atomic E-state index is 5.37.